The van der Waals surface area contributed by atoms with Gasteiger partial charge in [-0.15, -0.1) is 0 Å². The van der Waals surface area contributed by atoms with Crippen molar-refractivity contribution in [3.63, 3.8) is 0 Å². The van der Waals surface area contributed by atoms with Crippen LogP contribution in [-0.2, 0) is 0 Å². The van der Waals surface area contributed by atoms with Crippen LogP contribution in [-0.4, -0.2) is 23.2 Å². The molecular formula is C12H12N2O2. The van der Waals surface area contributed by atoms with Gasteiger partial charge in [-0.1, -0.05) is 12.1 Å². The number of phenols is 1. The van der Waals surface area contributed by atoms with Crippen LogP contribution in [0.25, 0.3) is 11.3 Å². The van der Waals surface area contributed by atoms with Crippen LogP contribution in [0.3, 0.4) is 0 Å². The maximum Gasteiger partial charge on any atom is 0.200 e. The van der Waals surface area contributed by atoms with Crippen molar-refractivity contribution in [2.75, 3.05) is 13.1 Å². The number of nitrogens with zero attached hydrogens (tertiary/aromatic N) is 1. The third kappa shape index (κ3) is 1.47. The van der Waals surface area contributed by atoms with E-state index < -0.39 is 0 Å². The van der Waals surface area contributed by atoms with Crippen LogP contribution in [0.4, 0.5) is 0 Å². The van der Waals surface area contributed by atoms with E-state index in [1.807, 2.05) is 12.1 Å². The molecule has 0 unspecified atom stereocenters. The molecule has 2 aromatic rings. The molecule has 0 saturated carbocycles. The Morgan fingerprint density at radius 1 is 1.31 bits per heavy atom. The van der Waals surface area contributed by atoms with Crippen molar-refractivity contribution in [2.24, 2.45) is 0 Å². The van der Waals surface area contributed by atoms with Crippen molar-refractivity contribution in [2.45, 2.75) is 5.92 Å². The number of aromatic nitrogens is 1. The molecule has 1 aliphatic rings. The fraction of sp³-hybridized carbons (Fsp3) is 0.250. The third-order valence-electron chi connectivity index (χ3n) is 2.83. The number of phenolic OH excluding ortho intramolecular Hbond substituents is 1. The molecule has 1 fully saturated rings. The molecule has 4 heteroatoms. The summed E-state index contributed by atoms with van der Waals surface area (Å²) < 4.78 is 5.42. The van der Waals surface area contributed by atoms with Gasteiger partial charge in [0.05, 0.1) is 5.92 Å². The molecule has 1 saturated heterocycles. The zero-order chi connectivity index (χ0) is 11.0. The van der Waals surface area contributed by atoms with Crippen molar-refractivity contribution in [3.05, 3.63) is 36.4 Å². The van der Waals surface area contributed by atoms with Gasteiger partial charge in [0.1, 0.15) is 17.7 Å². The summed E-state index contributed by atoms with van der Waals surface area (Å²) in [6.07, 6.45) is 1.60. The monoisotopic (exact) mass is 216 g/mol. The second kappa shape index (κ2) is 3.64. The summed E-state index contributed by atoms with van der Waals surface area (Å²) in [5, 5.41) is 12.9. The van der Waals surface area contributed by atoms with Gasteiger partial charge < -0.3 is 14.8 Å². The largest absolute Gasteiger partial charge is 0.507 e. The molecule has 0 radical (unpaired) electrons. The topological polar surface area (TPSA) is 58.3 Å². The van der Waals surface area contributed by atoms with E-state index in [1.165, 1.54) is 0 Å². The van der Waals surface area contributed by atoms with Crippen LogP contribution >= 0.6 is 0 Å². The summed E-state index contributed by atoms with van der Waals surface area (Å²) in [5.41, 5.74) is 1.41. The van der Waals surface area contributed by atoms with Gasteiger partial charge in [0, 0.05) is 18.7 Å². The van der Waals surface area contributed by atoms with Crippen LogP contribution in [0.2, 0.25) is 0 Å². The summed E-state index contributed by atoms with van der Waals surface area (Å²) in [4.78, 5) is 4.40. The lowest BCUT2D eigenvalue weighted by atomic mass is 10.0. The predicted octanol–water partition coefficient (Wildman–Crippen LogP) is 1.73. The lowest BCUT2D eigenvalue weighted by molar-refractivity contribution is 0.357. The maximum atomic E-state index is 9.69. The fourth-order valence-corrected chi connectivity index (χ4v) is 1.75. The number of rotatable bonds is 2. The number of hydrogen-bond donors (Lipinski definition) is 2. The molecule has 0 atom stereocenters. The Balaban J connectivity index is 1.95. The van der Waals surface area contributed by atoms with Crippen LogP contribution < -0.4 is 5.32 Å². The number of para-hydroxylation sites is 1. The summed E-state index contributed by atoms with van der Waals surface area (Å²) >= 11 is 0. The molecule has 2 N–H and O–H groups in total. The average molecular weight is 216 g/mol. The second-order valence-corrected chi connectivity index (χ2v) is 3.94. The Kier molecular flexibility index (Phi) is 2.15. The van der Waals surface area contributed by atoms with Gasteiger partial charge in [-0.05, 0) is 12.1 Å². The van der Waals surface area contributed by atoms with E-state index in [0.29, 0.717) is 17.2 Å². The first-order chi connectivity index (χ1) is 7.84. The summed E-state index contributed by atoms with van der Waals surface area (Å²) in [7, 11) is 0. The fourth-order valence-electron chi connectivity index (χ4n) is 1.75. The van der Waals surface area contributed by atoms with E-state index in [2.05, 4.69) is 10.3 Å². The number of oxazole rings is 1. The molecule has 82 valence electrons. The lowest BCUT2D eigenvalue weighted by Crippen LogP contribution is -2.40. The number of aromatic hydroxyl groups is 1. The highest BCUT2D eigenvalue weighted by atomic mass is 16.3. The number of hydrogen-bond acceptors (Lipinski definition) is 4. The Hall–Kier alpha value is -1.81. The number of benzene rings is 1. The summed E-state index contributed by atoms with van der Waals surface area (Å²) in [6.45, 7) is 1.83. The quantitative estimate of drug-likeness (QED) is 0.802. The third-order valence-corrected chi connectivity index (χ3v) is 2.83. The van der Waals surface area contributed by atoms with E-state index >= 15 is 0 Å². The van der Waals surface area contributed by atoms with E-state index in [1.54, 1.807) is 18.4 Å². The first kappa shape index (κ1) is 9.42. The van der Waals surface area contributed by atoms with Crippen LogP contribution in [0.15, 0.2) is 34.9 Å². The van der Waals surface area contributed by atoms with Gasteiger partial charge in [0.15, 0.2) is 5.89 Å². The zero-order valence-electron chi connectivity index (χ0n) is 8.68. The molecular weight excluding hydrogens is 204 g/mol. The van der Waals surface area contributed by atoms with Crippen LogP contribution in [0.5, 0.6) is 5.75 Å². The van der Waals surface area contributed by atoms with E-state index in [0.717, 1.165) is 19.0 Å². The minimum atomic E-state index is 0.231. The minimum absolute atomic E-state index is 0.231. The highest BCUT2D eigenvalue weighted by molar-refractivity contribution is 5.65. The van der Waals surface area contributed by atoms with Gasteiger partial charge in [-0.25, -0.2) is 4.98 Å². The van der Waals surface area contributed by atoms with Crippen molar-refractivity contribution < 1.29 is 9.52 Å². The SMILES string of the molecule is Oc1ccccc1-c1coc(C2CNC2)n1. The van der Waals surface area contributed by atoms with Crippen molar-refractivity contribution in [3.8, 4) is 17.0 Å². The highest BCUT2D eigenvalue weighted by Gasteiger charge is 2.24. The maximum absolute atomic E-state index is 9.69. The van der Waals surface area contributed by atoms with Gasteiger partial charge in [-0.2, -0.15) is 0 Å². The first-order valence-electron chi connectivity index (χ1n) is 5.29. The van der Waals surface area contributed by atoms with Crippen LogP contribution in [0, 0.1) is 0 Å². The Labute approximate surface area is 92.9 Å². The Morgan fingerprint density at radius 3 is 2.81 bits per heavy atom. The Bertz CT molecular complexity index is 503. The van der Waals surface area contributed by atoms with Gasteiger partial charge in [0.25, 0.3) is 0 Å². The highest BCUT2D eigenvalue weighted by Crippen LogP contribution is 2.29. The molecule has 1 aromatic carbocycles. The smallest absolute Gasteiger partial charge is 0.200 e. The van der Waals surface area contributed by atoms with Gasteiger partial charge in [0.2, 0.25) is 0 Å². The van der Waals surface area contributed by atoms with Gasteiger partial charge in [-0.3, -0.25) is 0 Å². The summed E-state index contributed by atoms with van der Waals surface area (Å²) in [6, 6.07) is 7.13. The molecule has 1 aliphatic heterocycles. The first-order valence-corrected chi connectivity index (χ1v) is 5.29. The predicted molar refractivity (Wildman–Crippen MR) is 59.2 cm³/mol. The van der Waals surface area contributed by atoms with Crippen LogP contribution in [0.1, 0.15) is 11.8 Å². The van der Waals surface area contributed by atoms with Crippen molar-refractivity contribution in [1.82, 2.24) is 10.3 Å². The molecule has 2 heterocycles. The molecule has 16 heavy (non-hydrogen) atoms. The molecule has 1 aromatic heterocycles. The normalized spacial score (nSPS) is 16.0. The molecule has 0 spiro atoms. The summed E-state index contributed by atoms with van der Waals surface area (Å²) in [5.74, 6) is 1.35. The lowest BCUT2D eigenvalue weighted by Gasteiger charge is -2.23. The molecule has 0 amide bonds. The molecule has 0 bridgehead atoms. The van der Waals surface area contributed by atoms with E-state index in [-0.39, 0.29) is 5.75 Å². The minimum Gasteiger partial charge on any atom is -0.507 e. The standard InChI is InChI=1S/C12H12N2O2/c15-11-4-2-1-3-9(11)10-7-16-12(14-10)8-5-13-6-8/h1-4,7-8,13,15H,5-6H2. The van der Waals surface area contributed by atoms with Crippen molar-refractivity contribution >= 4 is 0 Å². The van der Waals surface area contributed by atoms with E-state index in [4.69, 9.17) is 4.42 Å². The average Bonchev–Trinajstić information content (AvgIpc) is 2.65. The van der Waals surface area contributed by atoms with Gasteiger partial charge >= 0.3 is 0 Å². The molecule has 3 rings (SSSR count). The molecule has 4 nitrogen and oxygen atoms in total. The zero-order valence-corrected chi connectivity index (χ0v) is 8.68. The Morgan fingerprint density at radius 2 is 2.12 bits per heavy atom. The van der Waals surface area contributed by atoms with E-state index in [9.17, 15) is 5.11 Å². The van der Waals surface area contributed by atoms with Crippen molar-refractivity contribution in [1.29, 1.82) is 0 Å². The second-order valence-electron chi connectivity index (χ2n) is 3.94. The molecule has 0 aliphatic carbocycles. The number of nitrogens with one attached hydrogen (secondary N) is 1.